The van der Waals surface area contributed by atoms with E-state index in [1.165, 1.54) is 0 Å². The summed E-state index contributed by atoms with van der Waals surface area (Å²) in [5, 5.41) is 6.78. The zero-order valence-corrected chi connectivity index (χ0v) is 8.20. The van der Waals surface area contributed by atoms with Gasteiger partial charge in [-0.3, -0.25) is 9.48 Å². The fourth-order valence-electron chi connectivity index (χ4n) is 0.957. The van der Waals surface area contributed by atoms with E-state index in [1.807, 2.05) is 16.9 Å². The summed E-state index contributed by atoms with van der Waals surface area (Å²) in [6, 6.07) is 1.88. The van der Waals surface area contributed by atoms with Crippen LogP contribution in [0.3, 0.4) is 0 Å². The molecule has 4 nitrogen and oxygen atoms in total. The number of amides is 1. The first-order valence-corrected chi connectivity index (χ1v) is 4.81. The predicted octanol–water partition coefficient (Wildman–Crippen LogP) is 0.319. The van der Waals surface area contributed by atoms with Crippen LogP contribution in [0.4, 0.5) is 0 Å². The molecule has 0 radical (unpaired) electrons. The molecule has 0 saturated carbocycles. The van der Waals surface area contributed by atoms with Gasteiger partial charge < -0.3 is 5.32 Å². The first kappa shape index (κ1) is 10.1. The largest absolute Gasteiger partial charge is 0.355 e. The molecule has 0 saturated heterocycles. The molecule has 1 aromatic rings. The predicted molar refractivity (Wildman–Crippen MR) is 53.7 cm³/mol. The van der Waals surface area contributed by atoms with E-state index < -0.39 is 0 Å². The second-order valence-corrected chi connectivity index (χ2v) is 2.95. The van der Waals surface area contributed by atoms with Gasteiger partial charge in [-0.2, -0.15) is 17.7 Å². The Bertz CT molecular complexity index is 248. The number of nitrogens with zero attached hydrogens (tertiary/aromatic N) is 2. The van der Waals surface area contributed by atoms with E-state index in [-0.39, 0.29) is 11.7 Å². The Morgan fingerprint density at radius 2 is 2.46 bits per heavy atom. The monoisotopic (exact) mass is 199 g/mol. The van der Waals surface area contributed by atoms with Crippen LogP contribution in [0.2, 0.25) is 0 Å². The highest BCUT2D eigenvalue weighted by atomic mass is 32.1. The molecule has 0 atom stereocenters. The van der Waals surface area contributed by atoms with Crippen molar-refractivity contribution < 1.29 is 4.79 Å². The third-order valence-electron chi connectivity index (χ3n) is 1.59. The average molecular weight is 199 g/mol. The Labute approximate surface area is 82.7 Å². The van der Waals surface area contributed by atoms with Crippen molar-refractivity contribution in [2.24, 2.45) is 0 Å². The molecule has 13 heavy (non-hydrogen) atoms. The summed E-state index contributed by atoms with van der Waals surface area (Å²) in [5.74, 6) is 0.227. The average Bonchev–Trinajstić information content (AvgIpc) is 2.64. The van der Waals surface area contributed by atoms with Crippen molar-refractivity contribution in [3.05, 3.63) is 18.5 Å². The molecule has 0 aliphatic rings. The van der Waals surface area contributed by atoms with Gasteiger partial charge in [-0.05, 0) is 12.5 Å². The quantitative estimate of drug-likeness (QED) is 0.530. The zero-order chi connectivity index (χ0) is 9.52. The highest BCUT2D eigenvalue weighted by molar-refractivity contribution is 7.81. The zero-order valence-electron chi connectivity index (χ0n) is 7.31. The second kappa shape index (κ2) is 5.64. The lowest BCUT2D eigenvalue weighted by molar-refractivity contribution is -0.118. The Morgan fingerprint density at radius 1 is 1.62 bits per heavy atom. The first-order chi connectivity index (χ1) is 6.33. The van der Waals surface area contributed by atoms with Crippen LogP contribution in [-0.4, -0.2) is 28.0 Å². The Kier molecular flexibility index (Phi) is 4.39. The third kappa shape index (κ3) is 3.98. The number of rotatable bonds is 5. The minimum Gasteiger partial charge on any atom is -0.355 e. The SMILES string of the molecule is O=C(CS)NCCCn1cccn1. The molecule has 0 unspecified atom stereocenters. The molecule has 0 bridgehead atoms. The fourth-order valence-corrected chi connectivity index (χ4v) is 1.07. The number of carbonyl (C=O) groups excluding carboxylic acids is 1. The lowest BCUT2D eigenvalue weighted by Gasteiger charge is -2.02. The van der Waals surface area contributed by atoms with E-state index in [1.54, 1.807) is 6.20 Å². The number of aryl methyl sites for hydroxylation is 1. The topological polar surface area (TPSA) is 46.9 Å². The van der Waals surface area contributed by atoms with Gasteiger partial charge in [0.2, 0.25) is 5.91 Å². The molecule has 5 heteroatoms. The normalized spacial score (nSPS) is 9.92. The van der Waals surface area contributed by atoms with Crippen molar-refractivity contribution in [1.29, 1.82) is 0 Å². The van der Waals surface area contributed by atoms with Crippen LogP contribution >= 0.6 is 12.6 Å². The standard InChI is InChI=1S/C8H13N3OS/c12-8(7-13)9-3-1-5-11-6-2-4-10-11/h2,4,6,13H,1,3,5,7H2,(H,9,12). The third-order valence-corrected chi connectivity index (χ3v) is 1.88. The van der Waals surface area contributed by atoms with Gasteiger partial charge >= 0.3 is 0 Å². The van der Waals surface area contributed by atoms with E-state index in [4.69, 9.17) is 0 Å². The number of carbonyl (C=O) groups is 1. The maximum atomic E-state index is 10.8. The van der Waals surface area contributed by atoms with Crippen molar-refractivity contribution in [1.82, 2.24) is 15.1 Å². The van der Waals surface area contributed by atoms with Gasteiger partial charge in [0, 0.05) is 25.5 Å². The minimum absolute atomic E-state index is 0.0243. The molecule has 0 aliphatic carbocycles. The van der Waals surface area contributed by atoms with Gasteiger partial charge in [-0.15, -0.1) is 0 Å². The highest BCUT2D eigenvalue weighted by Crippen LogP contribution is 1.87. The van der Waals surface area contributed by atoms with Crippen LogP contribution < -0.4 is 5.32 Å². The molecule has 0 aromatic carbocycles. The molecule has 0 spiro atoms. The van der Waals surface area contributed by atoms with Crippen LogP contribution in [0.15, 0.2) is 18.5 Å². The second-order valence-electron chi connectivity index (χ2n) is 2.63. The molecule has 1 rings (SSSR count). The lowest BCUT2D eigenvalue weighted by atomic mass is 10.4. The van der Waals surface area contributed by atoms with Gasteiger partial charge in [-0.1, -0.05) is 0 Å². The molecular formula is C8H13N3OS. The van der Waals surface area contributed by atoms with Crippen LogP contribution in [-0.2, 0) is 11.3 Å². The summed E-state index contributed by atoms with van der Waals surface area (Å²) >= 11 is 3.85. The van der Waals surface area contributed by atoms with Gasteiger partial charge in [-0.25, -0.2) is 0 Å². The van der Waals surface area contributed by atoms with E-state index in [0.29, 0.717) is 6.54 Å². The van der Waals surface area contributed by atoms with E-state index in [2.05, 4.69) is 23.0 Å². The van der Waals surface area contributed by atoms with Crippen LogP contribution in [0.5, 0.6) is 0 Å². The smallest absolute Gasteiger partial charge is 0.229 e. The molecule has 1 N–H and O–H groups in total. The van der Waals surface area contributed by atoms with Crippen molar-refractivity contribution in [2.75, 3.05) is 12.3 Å². The van der Waals surface area contributed by atoms with Gasteiger partial charge in [0.1, 0.15) is 0 Å². The summed E-state index contributed by atoms with van der Waals surface area (Å²) in [5.41, 5.74) is 0. The fraction of sp³-hybridized carbons (Fsp3) is 0.500. The Balaban J connectivity index is 2.05. The number of hydrogen-bond acceptors (Lipinski definition) is 3. The lowest BCUT2D eigenvalue weighted by Crippen LogP contribution is -2.26. The summed E-state index contributed by atoms with van der Waals surface area (Å²) in [7, 11) is 0. The summed E-state index contributed by atoms with van der Waals surface area (Å²) in [4.78, 5) is 10.8. The molecule has 0 fully saturated rings. The number of nitrogens with one attached hydrogen (secondary N) is 1. The molecule has 1 amide bonds. The van der Waals surface area contributed by atoms with Crippen molar-refractivity contribution in [3.63, 3.8) is 0 Å². The van der Waals surface area contributed by atoms with Crippen LogP contribution in [0.1, 0.15) is 6.42 Å². The van der Waals surface area contributed by atoms with Crippen molar-refractivity contribution in [2.45, 2.75) is 13.0 Å². The number of thiol groups is 1. The molecule has 72 valence electrons. The van der Waals surface area contributed by atoms with Crippen molar-refractivity contribution >= 4 is 18.5 Å². The summed E-state index contributed by atoms with van der Waals surface area (Å²) < 4.78 is 1.84. The maximum absolute atomic E-state index is 10.8. The van der Waals surface area contributed by atoms with Gasteiger partial charge in [0.15, 0.2) is 0 Å². The Morgan fingerprint density at radius 3 is 3.08 bits per heavy atom. The van der Waals surface area contributed by atoms with Gasteiger partial charge in [0.25, 0.3) is 0 Å². The van der Waals surface area contributed by atoms with E-state index >= 15 is 0 Å². The first-order valence-electron chi connectivity index (χ1n) is 4.18. The Hall–Kier alpha value is -0.970. The summed E-state index contributed by atoms with van der Waals surface area (Å²) in [6.45, 7) is 1.51. The molecule has 0 aliphatic heterocycles. The molecular weight excluding hydrogens is 186 g/mol. The van der Waals surface area contributed by atoms with E-state index in [9.17, 15) is 4.79 Å². The highest BCUT2D eigenvalue weighted by Gasteiger charge is 1.95. The minimum atomic E-state index is -0.0243. The van der Waals surface area contributed by atoms with Gasteiger partial charge in [0.05, 0.1) is 5.75 Å². The van der Waals surface area contributed by atoms with Crippen LogP contribution in [0, 0.1) is 0 Å². The van der Waals surface area contributed by atoms with Crippen LogP contribution in [0.25, 0.3) is 0 Å². The maximum Gasteiger partial charge on any atom is 0.229 e. The number of hydrogen-bond donors (Lipinski definition) is 2. The number of aromatic nitrogens is 2. The van der Waals surface area contributed by atoms with E-state index in [0.717, 1.165) is 13.0 Å². The summed E-state index contributed by atoms with van der Waals surface area (Å²) in [6.07, 6.45) is 4.54. The van der Waals surface area contributed by atoms with Crippen molar-refractivity contribution in [3.8, 4) is 0 Å². The molecule has 1 heterocycles. The molecule has 1 aromatic heterocycles.